The summed E-state index contributed by atoms with van der Waals surface area (Å²) in [6.45, 7) is 3.44. The Morgan fingerprint density at radius 1 is 1.08 bits per heavy atom. The summed E-state index contributed by atoms with van der Waals surface area (Å²) in [6, 6.07) is -0.397. The van der Waals surface area contributed by atoms with Crippen LogP contribution in [0.4, 0.5) is 4.79 Å². The summed E-state index contributed by atoms with van der Waals surface area (Å²) in [4.78, 5) is 40.5. The normalized spacial score (nSPS) is 30.9. The largest absolute Gasteiger partial charge is 0.341 e. The smallest absolute Gasteiger partial charge is 0.325 e. The Kier molecular flexibility index (Phi) is 5.25. The number of hydrogen-bond donors (Lipinski definition) is 2. The average Bonchev–Trinajstić information content (AvgIpc) is 3.23. The first-order chi connectivity index (χ1) is 11.6. The van der Waals surface area contributed by atoms with Crippen molar-refractivity contribution in [2.24, 2.45) is 11.8 Å². The molecule has 0 aromatic rings. The van der Waals surface area contributed by atoms with Gasteiger partial charge in [-0.15, -0.1) is 12.4 Å². The van der Waals surface area contributed by atoms with Crippen LogP contribution in [0.15, 0.2) is 0 Å². The van der Waals surface area contributed by atoms with Gasteiger partial charge in [-0.2, -0.15) is 0 Å². The maximum Gasteiger partial charge on any atom is 0.325 e. The summed E-state index contributed by atoms with van der Waals surface area (Å²) < 4.78 is 0. The molecule has 1 spiro atoms. The number of amides is 4. The molecule has 0 aromatic heterocycles. The molecule has 3 aliphatic heterocycles. The number of hydrogen-bond acceptors (Lipinski definition) is 4. The lowest BCUT2D eigenvalue weighted by molar-refractivity contribution is -0.139. The predicted octanol–water partition coefficient (Wildman–Crippen LogP) is 0.731. The number of carbonyl (C=O) groups excluding carboxylic acids is 3. The third-order valence-corrected chi connectivity index (χ3v) is 6.37. The molecule has 3 heterocycles. The molecule has 1 saturated carbocycles. The van der Waals surface area contributed by atoms with E-state index in [9.17, 15) is 14.4 Å². The lowest BCUT2D eigenvalue weighted by Gasteiger charge is -2.24. The van der Waals surface area contributed by atoms with Crippen LogP contribution in [0.5, 0.6) is 0 Å². The van der Waals surface area contributed by atoms with Crippen molar-refractivity contribution in [3.05, 3.63) is 0 Å². The monoisotopic (exact) mass is 370 g/mol. The molecule has 3 saturated heterocycles. The molecular formula is C17H27ClN4O3. The highest BCUT2D eigenvalue weighted by Gasteiger charge is 2.52. The number of fused-ring (bicyclic) bond motifs is 1. The van der Waals surface area contributed by atoms with E-state index in [0.717, 1.165) is 56.8 Å². The van der Waals surface area contributed by atoms with Crippen molar-refractivity contribution < 1.29 is 14.4 Å². The van der Waals surface area contributed by atoms with Gasteiger partial charge in [-0.3, -0.25) is 14.5 Å². The molecule has 0 unspecified atom stereocenters. The molecule has 4 amide bonds. The predicted molar refractivity (Wildman–Crippen MR) is 94.4 cm³/mol. The number of imide groups is 1. The Bertz CT molecular complexity index is 550. The number of nitrogens with one attached hydrogen (secondary N) is 2. The van der Waals surface area contributed by atoms with Gasteiger partial charge in [0.1, 0.15) is 12.1 Å². The SMILES string of the molecule is Cl.O=C(CN1C(=O)NC2(CCCC2)C1=O)N1CC[C@@H]2CNC[C@@H]2CC1. The minimum Gasteiger partial charge on any atom is -0.341 e. The van der Waals surface area contributed by atoms with Crippen molar-refractivity contribution in [1.82, 2.24) is 20.4 Å². The summed E-state index contributed by atoms with van der Waals surface area (Å²) >= 11 is 0. The minimum atomic E-state index is -0.723. The molecule has 0 radical (unpaired) electrons. The van der Waals surface area contributed by atoms with Gasteiger partial charge in [0.2, 0.25) is 5.91 Å². The second-order valence-electron chi connectivity index (χ2n) is 7.75. The van der Waals surface area contributed by atoms with Crippen LogP contribution in [0.1, 0.15) is 38.5 Å². The number of urea groups is 1. The van der Waals surface area contributed by atoms with Gasteiger partial charge < -0.3 is 15.5 Å². The summed E-state index contributed by atoms with van der Waals surface area (Å²) in [5.74, 6) is 1.01. The summed E-state index contributed by atoms with van der Waals surface area (Å²) in [6.07, 6.45) is 5.32. The van der Waals surface area contributed by atoms with Crippen molar-refractivity contribution in [2.75, 3.05) is 32.7 Å². The van der Waals surface area contributed by atoms with Crippen LogP contribution < -0.4 is 10.6 Å². The van der Waals surface area contributed by atoms with Gasteiger partial charge in [0.15, 0.2) is 0 Å². The van der Waals surface area contributed by atoms with Crippen molar-refractivity contribution in [1.29, 1.82) is 0 Å². The van der Waals surface area contributed by atoms with Crippen LogP contribution in [-0.4, -0.2) is 65.9 Å². The first-order valence-electron chi connectivity index (χ1n) is 9.22. The molecule has 4 rings (SSSR count). The van der Waals surface area contributed by atoms with Gasteiger partial charge in [-0.1, -0.05) is 12.8 Å². The van der Waals surface area contributed by atoms with Gasteiger partial charge >= 0.3 is 6.03 Å². The fraction of sp³-hybridized carbons (Fsp3) is 0.824. The summed E-state index contributed by atoms with van der Waals surface area (Å²) in [7, 11) is 0. The van der Waals surface area contributed by atoms with Crippen LogP contribution in [-0.2, 0) is 9.59 Å². The van der Waals surface area contributed by atoms with Crippen LogP contribution in [0, 0.1) is 11.8 Å². The third kappa shape index (κ3) is 3.24. The van der Waals surface area contributed by atoms with Crippen molar-refractivity contribution in [3.8, 4) is 0 Å². The van der Waals surface area contributed by atoms with Gasteiger partial charge in [0.05, 0.1) is 0 Å². The minimum absolute atomic E-state index is 0. The van der Waals surface area contributed by atoms with Gasteiger partial charge in [-0.25, -0.2) is 4.79 Å². The number of likely N-dealkylation sites (tertiary alicyclic amines) is 1. The molecule has 7 nitrogen and oxygen atoms in total. The molecular weight excluding hydrogens is 344 g/mol. The van der Waals surface area contributed by atoms with E-state index >= 15 is 0 Å². The molecule has 0 bridgehead atoms. The van der Waals surface area contributed by atoms with Gasteiger partial charge in [-0.05, 0) is 50.6 Å². The standard InChI is InChI=1S/C17H26N4O3.ClH/c22-14(20-7-3-12-9-18-10-13(12)4-8-20)11-21-15(23)17(19-16(21)24)5-1-2-6-17;/h12-13,18H,1-11H2,(H,19,24);1H/t12-,13+;. The van der Waals surface area contributed by atoms with E-state index in [4.69, 9.17) is 0 Å². The molecule has 4 aliphatic rings. The second kappa shape index (κ2) is 7.11. The lowest BCUT2D eigenvalue weighted by atomic mass is 9.92. The highest BCUT2D eigenvalue weighted by atomic mass is 35.5. The fourth-order valence-electron chi connectivity index (χ4n) is 4.84. The first kappa shape index (κ1) is 18.5. The van der Waals surface area contributed by atoms with E-state index in [1.165, 1.54) is 0 Å². The molecule has 8 heteroatoms. The molecule has 1 aliphatic carbocycles. The summed E-state index contributed by atoms with van der Waals surface area (Å²) in [5.41, 5.74) is -0.723. The Morgan fingerprint density at radius 3 is 2.28 bits per heavy atom. The quantitative estimate of drug-likeness (QED) is 0.702. The zero-order chi connectivity index (χ0) is 16.7. The lowest BCUT2D eigenvalue weighted by Crippen LogP contribution is -2.46. The molecule has 0 aromatic carbocycles. The van der Waals surface area contributed by atoms with E-state index < -0.39 is 11.6 Å². The summed E-state index contributed by atoms with van der Waals surface area (Å²) in [5, 5.41) is 6.27. The van der Waals surface area contributed by atoms with E-state index in [1.54, 1.807) is 0 Å². The first-order valence-corrected chi connectivity index (χ1v) is 9.22. The third-order valence-electron chi connectivity index (χ3n) is 6.37. The Labute approximate surface area is 154 Å². The van der Waals surface area contributed by atoms with Crippen LogP contribution in [0.3, 0.4) is 0 Å². The van der Waals surface area contributed by atoms with E-state index in [-0.39, 0.29) is 30.8 Å². The average molecular weight is 371 g/mol. The van der Waals surface area contributed by atoms with E-state index in [0.29, 0.717) is 24.7 Å². The topological polar surface area (TPSA) is 81.8 Å². The highest BCUT2D eigenvalue weighted by Crippen LogP contribution is 2.35. The Hall–Kier alpha value is -1.34. The number of nitrogens with zero attached hydrogens (tertiary/aromatic N) is 2. The van der Waals surface area contributed by atoms with Crippen molar-refractivity contribution >= 4 is 30.3 Å². The van der Waals surface area contributed by atoms with Crippen LogP contribution in [0.2, 0.25) is 0 Å². The highest BCUT2D eigenvalue weighted by molar-refractivity contribution is 6.09. The van der Waals surface area contributed by atoms with Crippen molar-refractivity contribution in [3.63, 3.8) is 0 Å². The zero-order valence-electron chi connectivity index (χ0n) is 14.5. The molecule has 140 valence electrons. The fourth-order valence-corrected chi connectivity index (χ4v) is 4.84. The van der Waals surface area contributed by atoms with Crippen LogP contribution in [0.25, 0.3) is 0 Å². The zero-order valence-corrected chi connectivity index (χ0v) is 15.3. The maximum atomic E-state index is 12.7. The van der Waals surface area contributed by atoms with Crippen molar-refractivity contribution in [2.45, 2.75) is 44.1 Å². The van der Waals surface area contributed by atoms with Gasteiger partial charge in [0, 0.05) is 13.1 Å². The molecule has 25 heavy (non-hydrogen) atoms. The molecule has 2 N–H and O–H groups in total. The number of carbonyl (C=O) groups is 3. The van der Waals surface area contributed by atoms with E-state index in [1.807, 2.05) is 4.90 Å². The van der Waals surface area contributed by atoms with Gasteiger partial charge in [0.25, 0.3) is 5.91 Å². The van der Waals surface area contributed by atoms with Crippen LogP contribution >= 0.6 is 12.4 Å². The Morgan fingerprint density at radius 2 is 1.68 bits per heavy atom. The Balaban J connectivity index is 0.00000182. The molecule has 4 fully saturated rings. The second-order valence-corrected chi connectivity index (χ2v) is 7.75. The number of rotatable bonds is 2. The molecule has 2 atom stereocenters. The van der Waals surface area contributed by atoms with E-state index in [2.05, 4.69) is 10.6 Å². The maximum absolute atomic E-state index is 12.7. The number of halogens is 1.